The van der Waals surface area contributed by atoms with Crippen LogP contribution in [-0.4, -0.2) is 22.8 Å². The first-order chi connectivity index (χ1) is 5.87. The third kappa shape index (κ3) is 0.966. The fourth-order valence-corrected chi connectivity index (χ4v) is 2.71. The monoisotopic (exact) mass is 184 g/mol. The highest BCUT2D eigenvalue weighted by Gasteiger charge is 2.61. The third-order valence-corrected chi connectivity index (χ3v) is 4.08. The molecule has 2 bridgehead atoms. The summed E-state index contributed by atoms with van der Waals surface area (Å²) in [6.45, 7) is 6.06. The van der Waals surface area contributed by atoms with Crippen LogP contribution in [0, 0.1) is 11.3 Å². The Morgan fingerprint density at radius 3 is 2.62 bits per heavy atom. The number of esters is 1. The van der Waals surface area contributed by atoms with E-state index in [0.717, 1.165) is 0 Å². The standard InChI is InChI=1S/C10H16O3/c1-9(2)6-4-8(12)13-10(9,3)5-7(6)11/h6-7,11H,4-5H2,1-3H3. The fraction of sp³-hybridized carbons (Fsp3) is 0.900. The van der Waals surface area contributed by atoms with Gasteiger partial charge in [-0.3, -0.25) is 4.79 Å². The Bertz CT molecular complexity index is 259. The number of carbonyl (C=O) groups is 1. The Balaban J connectivity index is 2.41. The molecule has 13 heavy (non-hydrogen) atoms. The minimum atomic E-state index is -0.466. The van der Waals surface area contributed by atoms with Gasteiger partial charge in [0.05, 0.1) is 12.5 Å². The molecule has 1 aliphatic carbocycles. The molecule has 1 N–H and O–H groups in total. The second kappa shape index (κ2) is 2.27. The summed E-state index contributed by atoms with van der Waals surface area (Å²) >= 11 is 0. The molecular formula is C10H16O3. The van der Waals surface area contributed by atoms with E-state index in [-0.39, 0.29) is 23.4 Å². The predicted molar refractivity (Wildman–Crippen MR) is 47.0 cm³/mol. The van der Waals surface area contributed by atoms with Crippen molar-refractivity contribution in [3.05, 3.63) is 0 Å². The molecule has 3 unspecified atom stereocenters. The summed E-state index contributed by atoms with van der Waals surface area (Å²) in [4.78, 5) is 11.2. The van der Waals surface area contributed by atoms with Crippen LogP contribution in [0.3, 0.4) is 0 Å². The van der Waals surface area contributed by atoms with Crippen molar-refractivity contribution in [3.8, 4) is 0 Å². The molecule has 3 nitrogen and oxygen atoms in total. The van der Waals surface area contributed by atoms with E-state index < -0.39 is 5.60 Å². The lowest BCUT2D eigenvalue weighted by molar-refractivity contribution is -0.182. The van der Waals surface area contributed by atoms with E-state index >= 15 is 0 Å². The Hall–Kier alpha value is -0.570. The van der Waals surface area contributed by atoms with Crippen molar-refractivity contribution >= 4 is 5.97 Å². The zero-order valence-corrected chi connectivity index (χ0v) is 8.33. The Morgan fingerprint density at radius 1 is 1.46 bits per heavy atom. The van der Waals surface area contributed by atoms with Crippen LogP contribution in [0.1, 0.15) is 33.6 Å². The van der Waals surface area contributed by atoms with Crippen LogP contribution in [0.4, 0.5) is 0 Å². The van der Waals surface area contributed by atoms with Crippen molar-refractivity contribution in [1.82, 2.24) is 0 Å². The molecule has 0 aromatic heterocycles. The molecule has 0 spiro atoms. The molecule has 1 heterocycles. The van der Waals surface area contributed by atoms with Gasteiger partial charge in [0.15, 0.2) is 0 Å². The lowest BCUT2D eigenvalue weighted by Gasteiger charge is -2.44. The summed E-state index contributed by atoms with van der Waals surface area (Å²) in [7, 11) is 0. The van der Waals surface area contributed by atoms with Crippen molar-refractivity contribution in [2.45, 2.75) is 45.3 Å². The van der Waals surface area contributed by atoms with Crippen LogP contribution in [0.2, 0.25) is 0 Å². The van der Waals surface area contributed by atoms with Crippen molar-refractivity contribution < 1.29 is 14.6 Å². The zero-order valence-electron chi connectivity index (χ0n) is 8.33. The van der Waals surface area contributed by atoms with Gasteiger partial charge in [-0.15, -0.1) is 0 Å². The summed E-state index contributed by atoms with van der Waals surface area (Å²) in [5.41, 5.74) is -0.563. The SMILES string of the molecule is CC12CC(O)C(CC(=O)O1)C2(C)C. The van der Waals surface area contributed by atoms with Crippen LogP contribution >= 0.6 is 0 Å². The van der Waals surface area contributed by atoms with Gasteiger partial charge in [0, 0.05) is 17.8 Å². The Morgan fingerprint density at radius 2 is 2.08 bits per heavy atom. The zero-order chi connectivity index (χ0) is 9.85. The van der Waals surface area contributed by atoms with E-state index in [1.165, 1.54) is 0 Å². The van der Waals surface area contributed by atoms with Crippen LogP contribution in [0.15, 0.2) is 0 Å². The molecule has 2 rings (SSSR count). The first-order valence-corrected chi connectivity index (χ1v) is 4.77. The highest BCUT2D eigenvalue weighted by Crippen LogP contribution is 2.56. The molecule has 0 aromatic rings. The third-order valence-electron chi connectivity index (χ3n) is 4.08. The number of carbonyl (C=O) groups excluding carboxylic acids is 1. The average molecular weight is 184 g/mol. The van der Waals surface area contributed by atoms with E-state index in [1.807, 2.05) is 6.92 Å². The van der Waals surface area contributed by atoms with Gasteiger partial charge < -0.3 is 9.84 Å². The summed E-state index contributed by atoms with van der Waals surface area (Å²) in [6, 6.07) is 0. The number of aliphatic hydroxyl groups is 1. The lowest BCUT2D eigenvalue weighted by atomic mass is 9.70. The molecule has 2 fully saturated rings. The minimum absolute atomic E-state index is 0.0683. The van der Waals surface area contributed by atoms with Crippen molar-refractivity contribution in [1.29, 1.82) is 0 Å². The van der Waals surface area contributed by atoms with Crippen molar-refractivity contribution in [3.63, 3.8) is 0 Å². The van der Waals surface area contributed by atoms with Gasteiger partial charge in [0.2, 0.25) is 0 Å². The summed E-state index contributed by atoms with van der Waals surface area (Å²) in [5, 5.41) is 9.79. The number of aliphatic hydroxyl groups excluding tert-OH is 1. The largest absolute Gasteiger partial charge is 0.459 e. The highest BCUT2D eigenvalue weighted by atomic mass is 16.6. The van der Waals surface area contributed by atoms with Gasteiger partial charge in [-0.1, -0.05) is 13.8 Å². The minimum Gasteiger partial charge on any atom is -0.459 e. The maximum atomic E-state index is 11.2. The first kappa shape index (κ1) is 9.00. The number of rotatable bonds is 0. The average Bonchev–Trinajstić information content (AvgIpc) is 2.13. The molecule has 3 atom stereocenters. The van der Waals surface area contributed by atoms with Gasteiger partial charge in [0.1, 0.15) is 5.60 Å². The van der Waals surface area contributed by atoms with Gasteiger partial charge in [-0.05, 0) is 6.92 Å². The molecule has 1 aliphatic heterocycles. The van der Waals surface area contributed by atoms with Crippen LogP contribution in [0.25, 0.3) is 0 Å². The van der Waals surface area contributed by atoms with E-state index in [0.29, 0.717) is 12.8 Å². The smallest absolute Gasteiger partial charge is 0.306 e. The van der Waals surface area contributed by atoms with Crippen LogP contribution in [0.5, 0.6) is 0 Å². The number of hydrogen-bond donors (Lipinski definition) is 1. The van der Waals surface area contributed by atoms with Gasteiger partial charge >= 0.3 is 5.97 Å². The van der Waals surface area contributed by atoms with Crippen LogP contribution < -0.4 is 0 Å². The maximum Gasteiger partial charge on any atom is 0.306 e. The number of ether oxygens (including phenoxy) is 1. The Kier molecular flexibility index (Phi) is 1.57. The van der Waals surface area contributed by atoms with Gasteiger partial charge in [-0.2, -0.15) is 0 Å². The molecule has 0 aromatic carbocycles. The van der Waals surface area contributed by atoms with Gasteiger partial charge in [-0.25, -0.2) is 0 Å². The number of hydrogen-bond acceptors (Lipinski definition) is 3. The topological polar surface area (TPSA) is 46.5 Å². The quantitative estimate of drug-likeness (QED) is 0.573. The van der Waals surface area contributed by atoms with Crippen molar-refractivity contribution in [2.24, 2.45) is 11.3 Å². The molecule has 0 radical (unpaired) electrons. The van der Waals surface area contributed by atoms with E-state index in [4.69, 9.17) is 4.74 Å². The molecule has 1 saturated carbocycles. The molecule has 2 aliphatic rings. The van der Waals surface area contributed by atoms with E-state index in [1.54, 1.807) is 0 Å². The van der Waals surface area contributed by atoms with E-state index in [2.05, 4.69) is 13.8 Å². The summed E-state index contributed by atoms with van der Waals surface area (Å²) < 4.78 is 5.35. The molecule has 74 valence electrons. The fourth-order valence-electron chi connectivity index (χ4n) is 2.71. The first-order valence-electron chi connectivity index (χ1n) is 4.77. The maximum absolute atomic E-state index is 11.2. The second-order valence-corrected chi connectivity index (χ2v) is 5.01. The van der Waals surface area contributed by atoms with Crippen molar-refractivity contribution in [2.75, 3.05) is 0 Å². The number of fused-ring (bicyclic) bond motifs is 2. The lowest BCUT2D eigenvalue weighted by Crippen LogP contribution is -2.48. The summed E-state index contributed by atoms with van der Waals surface area (Å²) in [6.07, 6.45) is 0.562. The summed E-state index contributed by atoms with van der Waals surface area (Å²) in [5.74, 6) is -0.0953. The molecule has 3 heteroatoms. The van der Waals surface area contributed by atoms with E-state index in [9.17, 15) is 9.90 Å². The molecule has 0 amide bonds. The molecule has 1 saturated heterocycles. The van der Waals surface area contributed by atoms with Crippen LogP contribution in [-0.2, 0) is 9.53 Å². The van der Waals surface area contributed by atoms with Gasteiger partial charge in [0.25, 0.3) is 0 Å². The molecular weight excluding hydrogens is 168 g/mol. The predicted octanol–water partition coefficient (Wildman–Crippen LogP) is 1.10. The highest BCUT2D eigenvalue weighted by molar-refractivity contribution is 5.72. The second-order valence-electron chi connectivity index (χ2n) is 5.01. The normalized spacial score (nSPS) is 47.5. The Labute approximate surface area is 78.1 Å².